The molecule has 31 heavy (non-hydrogen) atoms. The van der Waals surface area contributed by atoms with Crippen LogP contribution in [-0.2, 0) is 0 Å². The number of hydrogen-bond acceptors (Lipinski definition) is 2. The molecule has 0 spiro atoms. The van der Waals surface area contributed by atoms with Crippen LogP contribution in [0.3, 0.4) is 0 Å². The van der Waals surface area contributed by atoms with Gasteiger partial charge in [0.15, 0.2) is 0 Å². The molecular formula is C28H28S2Sn. The summed E-state index contributed by atoms with van der Waals surface area (Å²) in [5.74, 6) is 0. The predicted molar refractivity (Wildman–Crippen MR) is 145 cm³/mol. The average molecular weight is 547 g/mol. The first-order valence-corrected chi connectivity index (χ1v) is 22.5. The fourth-order valence-corrected chi connectivity index (χ4v) is 12.0. The molecule has 0 saturated carbocycles. The first kappa shape index (κ1) is 21.2. The normalized spacial score (nSPS) is 12.2. The Morgan fingerprint density at radius 2 is 1.13 bits per heavy atom. The van der Waals surface area contributed by atoms with E-state index in [1.54, 1.807) is 2.89 Å². The average Bonchev–Trinajstić information content (AvgIpc) is 3.30. The van der Waals surface area contributed by atoms with E-state index in [1.165, 1.54) is 58.4 Å². The number of aryl methyl sites for hydroxylation is 3. The number of thiophene rings is 2. The van der Waals surface area contributed by atoms with Crippen LogP contribution in [-0.4, -0.2) is 18.4 Å². The van der Waals surface area contributed by atoms with Crippen LogP contribution >= 0.6 is 22.7 Å². The topological polar surface area (TPSA) is 0 Å². The molecule has 0 unspecified atom stereocenters. The van der Waals surface area contributed by atoms with Crippen LogP contribution in [0.2, 0.25) is 14.8 Å². The Kier molecular flexibility index (Phi) is 5.31. The molecule has 0 N–H and O–H groups in total. The van der Waals surface area contributed by atoms with Gasteiger partial charge in [-0.05, 0) is 0 Å². The first-order valence-electron chi connectivity index (χ1n) is 10.9. The van der Waals surface area contributed by atoms with E-state index >= 15 is 0 Å². The van der Waals surface area contributed by atoms with E-state index in [0.29, 0.717) is 0 Å². The van der Waals surface area contributed by atoms with Crippen LogP contribution in [0.4, 0.5) is 0 Å². The summed E-state index contributed by atoms with van der Waals surface area (Å²) in [6, 6.07) is 23.1. The summed E-state index contributed by atoms with van der Waals surface area (Å²) < 4.78 is 4.55. The molecule has 0 atom stereocenters. The van der Waals surface area contributed by atoms with Crippen molar-refractivity contribution in [2.45, 2.75) is 35.6 Å². The van der Waals surface area contributed by atoms with Crippen LogP contribution < -0.4 is 2.89 Å². The fraction of sp³-hybridized carbons (Fsp3) is 0.214. The van der Waals surface area contributed by atoms with E-state index in [4.69, 9.17) is 0 Å². The summed E-state index contributed by atoms with van der Waals surface area (Å²) in [5.41, 5.74) is 8.13. The second-order valence-electron chi connectivity index (χ2n) is 9.69. The van der Waals surface area contributed by atoms with Gasteiger partial charge in [-0.25, -0.2) is 0 Å². The quantitative estimate of drug-likeness (QED) is 0.198. The molecule has 5 rings (SSSR count). The van der Waals surface area contributed by atoms with Crippen molar-refractivity contribution >= 4 is 64.1 Å². The van der Waals surface area contributed by atoms with E-state index in [2.05, 4.69) is 108 Å². The predicted octanol–water partition coefficient (Wildman–Crippen LogP) is 8.92. The van der Waals surface area contributed by atoms with Gasteiger partial charge in [0.25, 0.3) is 0 Å². The third kappa shape index (κ3) is 3.77. The van der Waals surface area contributed by atoms with Crippen molar-refractivity contribution in [3.8, 4) is 22.3 Å². The van der Waals surface area contributed by atoms with Crippen LogP contribution in [0.5, 0.6) is 0 Å². The standard InChI is InChI=1S/C25H19S2.3CH3.Sn/c1-15-6-4-8-18(12-15)22-23(19-9-5-7-16(2)13-19)25-21(14-17(3)27-25)20-10-11-26-24(20)22;;;;/h4-10,12-14H,1-3H3;3*1H3;. The van der Waals surface area contributed by atoms with Gasteiger partial charge in [0, 0.05) is 0 Å². The molecule has 0 saturated heterocycles. The molecular weight excluding hydrogens is 519 g/mol. The Labute approximate surface area is 197 Å². The minimum absolute atomic E-state index is 1.31. The van der Waals surface area contributed by atoms with Gasteiger partial charge < -0.3 is 0 Å². The Morgan fingerprint density at radius 3 is 1.65 bits per heavy atom. The van der Waals surface area contributed by atoms with Gasteiger partial charge in [-0.2, -0.15) is 0 Å². The zero-order valence-electron chi connectivity index (χ0n) is 19.1. The van der Waals surface area contributed by atoms with E-state index in [1.807, 2.05) is 11.3 Å². The van der Waals surface area contributed by atoms with E-state index < -0.39 is 18.4 Å². The summed E-state index contributed by atoms with van der Waals surface area (Å²) in [6.45, 7) is 6.65. The van der Waals surface area contributed by atoms with Gasteiger partial charge in [-0.1, -0.05) is 0 Å². The van der Waals surface area contributed by atoms with Gasteiger partial charge in [-0.15, -0.1) is 0 Å². The molecule has 5 aromatic rings. The summed E-state index contributed by atoms with van der Waals surface area (Å²) in [7, 11) is 0. The van der Waals surface area contributed by atoms with Crippen LogP contribution in [0.25, 0.3) is 42.4 Å². The van der Waals surface area contributed by atoms with Crippen molar-refractivity contribution in [2.75, 3.05) is 0 Å². The van der Waals surface area contributed by atoms with Crippen LogP contribution in [0, 0.1) is 20.8 Å². The SMILES string of the molecule is Cc1cccc(-c2c(-c3cccc(C)c3)c3s[c]([Sn]([CH3])([CH3])[CH3])cc3c3cc(C)sc23)c1. The molecule has 2 aromatic heterocycles. The van der Waals surface area contributed by atoms with Crippen molar-refractivity contribution in [3.63, 3.8) is 0 Å². The zero-order chi connectivity index (χ0) is 21.9. The van der Waals surface area contributed by atoms with Crippen molar-refractivity contribution in [1.29, 1.82) is 0 Å². The Balaban J connectivity index is 2.02. The Morgan fingerprint density at radius 1 is 0.613 bits per heavy atom. The number of benzene rings is 3. The second-order valence-corrected chi connectivity index (χ2v) is 27.4. The van der Waals surface area contributed by atoms with Gasteiger partial charge >= 0.3 is 199 Å². The first-order chi connectivity index (χ1) is 14.7. The van der Waals surface area contributed by atoms with Crippen molar-refractivity contribution in [3.05, 3.63) is 76.7 Å². The number of fused-ring (bicyclic) bond motifs is 3. The molecule has 2 heterocycles. The zero-order valence-corrected chi connectivity index (χ0v) is 23.6. The third-order valence-corrected chi connectivity index (χ3v) is 17.6. The molecule has 0 fully saturated rings. The Bertz CT molecular complexity index is 1440. The minimum atomic E-state index is -2.21. The molecule has 0 aliphatic carbocycles. The third-order valence-electron chi connectivity index (χ3n) is 5.93. The monoisotopic (exact) mass is 548 g/mol. The van der Waals surface area contributed by atoms with Crippen LogP contribution in [0.15, 0.2) is 60.7 Å². The maximum absolute atomic E-state index is 2.55. The summed E-state index contributed by atoms with van der Waals surface area (Å²) in [4.78, 5) is 8.98. The second kappa shape index (κ2) is 7.75. The summed E-state index contributed by atoms with van der Waals surface area (Å²) in [6.07, 6.45) is 0. The molecule has 0 amide bonds. The van der Waals surface area contributed by atoms with E-state index in [0.717, 1.165) is 0 Å². The molecule has 0 aliphatic heterocycles. The van der Waals surface area contributed by atoms with E-state index in [-0.39, 0.29) is 0 Å². The number of rotatable bonds is 3. The van der Waals surface area contributed by atoms with Gasteiger partial charge in [0.05, 0.1) is 0 Å². The van der Waals surface area contributed by atoms with Gasteiger partial charge in [0.2, 0.25) is 0 Å². The summed E-state index contributed by atoms with van der Waals surface area (Å²) >= 11 is 1.80. The summed E-state index contributed by atoms with van der Waals surface area (Å²) in [5, 5.41) is 2.89. The van der Waals surface area contributed by atoms with Crippen molar-refractivity contribution in [1.82, 2.24) is 0 Å². The number of hydrogen-bond donors (Lipinski definition) is 0. The molecule has 0 radical (unpaired) electrons. The maximum atomic E-state index is 2.55. The van der Waals surface area contributed by atoms with Crippen molar-refractivity contribution in [2.24, 2.45) is 0 Å². The molecule has 0 aliphatic rings. The molecule has 3 aromatic carbocycles. The molecule has 0 nitrogen and oxygen atoms in total. The van der Waals surface area contributed by atoms with Gasteiger partial charge in [-0.3, -0.25) is 0 Å². The van der Waals surface area contributed by atoms with Gasteiger partial charge in [0.1, 0.15) is 0 Å². The fourth-order valence-electron chi connectivity index (χ4n) is 4.43. The Hall–Kier alpha value is -1.62. The molecule has 0 bridgehead atoms. The molecule has 3 heteroatoms. The van der Waals surface area contributed by atoms with Crippen molar-refractivity contribution < 1.29 is 0 Å². The molecule has 156 valence electrons. The van der Waals surface area contributed by atoms with Crippen LogP contribution in [0.1, 0.15) is 16.0 Å². The van der Waals surface area contributed by atoms with E-state index in [9.17, 15) is 0 Å².